The van der Waals surface area contributed by atoms with Crippen LogP contribution in [0.2, 0.25) is 0 Å². The monoisotopic (exact) mass is 750 g/mol. The highest BCUT2D eigenvalue weighted by atomic mass is 32.1. The van der Waals surface area contributed by atoms with Crippen LogP contribution in [0.5, 0.6) is 0 Å². The van der Waals surface area contributed by atoms with Crippen LogP contribution in [0.3, 0.4) is 0 Å². The molecule has 2 atom stereocenters. The zero-order valence-electron chi connectivity index (χ0n) is 30.7. The molecule has 11 aromatic rings. The number of rotatable bonds is 5. The number of aliphatic imine (C=N–C) groups is 1. The molecule has 8 aromatic carbocycles. The lowest BCUT2D eigenvalue weighted by Gasteiger charge is -2.32. The Morgan fingerprint density at radius 3 is 2.02 bits per heavy atom. The van der Waals surface area contributed by atoms with Gasteiger partial charge in [-0.05, 0) is 53.1 Å². The van der Waals surface area contributed by atoms with E-state index in [2.05, 4.69) is 185 Å². The Morgan fingerprint density at radius 1 is 0.526 bits per heavy atom. The Balaban J connectivity index is 0.961. The molecular weight excluding hydrogens is 717 g/mol. The molecule has 0 bridgehead atoms. The van der Waals surface area contributed by atoms with Crippen molar-refractivity contribution in [2.75, 3.05) is 0 Å². The van der Waals surface area contributed by atoms with Crippen LogP contribution in [0.4, 0.5) is 0 Å². The zero-order valence-corrected chi connectivity index (χ0v) is 31.5. The molecule has 2 unspecified atom stereocenters. The number of nitrogens with one attached hydrogen (secondary N) is 2. The summed E-state index contributed by atoms with van der Waals surface area (Å²) >= 11 is 1.84. The van der Waals surface area contributed by atoms with Crippen molar-refractivity contribution in [3.05, 3.63) is 199 Å². The standard InChI is InChI=1S/C51H34N4OS/c1-3-13-31(14-4-1)49-52-50(32-15-5-2-6-16-32)54-51(53-49)33-25-27-41-46(29-33)57-45-24-12-19-38(47(41)45)40-21-11-20-39-37-28-26-34(30-44(37)56-48(39)40)55-42-22-9-7-17-35(42)36-18-8-10-23-43(36)55/h1-30,49,51,53H,(H,52,54). The van der Waals surface area contributed by atoms with E-state index < -0.39 is 0 Å². The number of benzene rings is 8. The minimum absolute atomic E-state index is 0.131. The first-order chi connectivity index (χ1) is 28.2. The maximum Gasteiger partial charge on any atom is 0.143 e. The lowest BCUT2D eigenvalue weighted by molar-refractivity contribution is 0.409. The predicted molar refractivity (Wildman–Crippen MR) is 238 cm³/mol. The number of furan rings is 1. The first-order valence-electron chi connectivity index (χ1n) is 19.4. The Morgan fingerprint density at radius 2 is 1.21 bits per heavy atom. The molecule has 3 aromatic heterocycles. The number of fused-ring (bicyclic) bond motifs is 9. The molecule has 270 valence electrons. The van der Waals surface area contributed by atoms with Crippen molar-refractivity contribution in [3.8, 4) is 16.8 Å². The second-order valence-electron chi connectivity index (χ2n) is 14.8. The summed E-state index contributed by atoms with van der Waals surface area (Å²) in [5, 5.41) is 14.7. The van der Waals surface area contributed by atoms with Gasteiger partial charge in [0.05, 0.1) is 11.0 Å². The molecule has 12 rings (SSSR count). The van der Waals surface area contributed by atoms with Crippen LogP contribution in [0, 0.1) is 0 Å². The summed E-state index contributed by atoms with van der Waals surface area (Å²) in [5.74, 6) is 0.882. The fourth-order valence-electron chi connectivity index (χ4n) is 8.86. The van der Waals surface area contributed by atoms with E-state index >= 15 is 0 Å². The van der Waals surface area contributed by atoms with Crippen molar-refractivity contribution in [1.29, 1.82) is 0 Å². The van der Waals surface area contributed by atoms with Crippen LogP contribution >= 0.6 is 11.3 Å². The quantitative estimate of drug-likeness (QED) is 0.184. The second-order valence-corrected chi connectivity index (χ2v) is 15.9. The fraction of sp³-hybridized carbons (Fsp3) is 0.0392. The van der Waals surface area contributed by atoms with E-state index in [0.29, 0.717) is 0 Å². The zero-order chi connectivity index (χ0) is 37.5. The number of hydrogen-bond donors (Lipinski definition) is 2. The first-order valence-corrected chi connectivity index (χ1v) is 20.2. The molecule has 0 aliphatic carbocycles. The molecule has 1 aliphatic rings. The molecule has 0 saturated heterocycles. The van der Waals surface area contributed by atoms with Crippen molar-refractivity contribution in [1.82, 2.24) is 15.2 Å². The highest BCUT2D eigenvalue weighted by molar-refractivity contribution is 7.26. The number of thiophene rings is 1. The van der Waals surface area contributed by atoms with Gasteiger partial charge in [-0.2, -0.15) is 0 Å². The summed E-state index contributed by atoms with van der Waals surface area (Å²) in [6.07, 6.45) is -0.312. The van der Waals surface area contributed by atoms with Crippen molar-refractivity contribution in [3.63, 3.8) is 0 Å². The summed E-state index contributed by atoms with van der Waals surface area (Å²) < 4.78 is 11.7. The number of hydrogen-bond acceptors (Lipinski definition) is 5. The van der Waals surface area contributed by atoms with Gasteiger partial charge in [0.1, 0.15) is 29.3 Å². The summed E-state index contributed by atoms with van der Waals surface area (Å²) in [4.78, 5) is 5.11. The van der Waals surface area contributed by atoms with E-state index in [1.165, 1.54) is 53.1 Å². The molecule has 2 N–H and O–H groups in total. The average molecular weight is 751 g/mol. The van der Waals surface area contributed by atoms with Gasteiger partial charge in [-0.15, -0.1) is 11.3 Å². The molecule has 57 heavy (non-hydrogen) atoms. The van der Waals surface area contributed by atoms with Crippen molar-refractivity contribution in [2.45, 2.75) is 12.3 Å². The van der Waals surface area contributed by atoms with E-state index in [1.807, 2.05) is 23.5 Å². The molecule has 1 aliphatic heterocycles. The van der Waals surface area contributed by atoms with Crippen molar-refractivity contribution >= 4 is 81.1 Å². The topological polar surface area (TPSA) is 54.5 Å². The van der Waals surface area contributed by atoms with E-state index in [9.17, 15) is 0 Å². The summed E-state index contributed by atoms with van der Waals surface area (Å²) in [6.45, 7) is 0. The van der Waals surface area contributed by atoms with Gasteiger partial charge in [0, 0.05) is 64.6 Å². The minimum Gasteiger partial charge on any atom is -0.455 e. The highest BCUT2D eigenvalue weighted by Gasteiger charge is 2.26. The van der Waals surface area contributed by atoms with Crippen molar-refractivity contribution in [2.24, 2.45) is 4.99 Å². The Bertz CT molecular complexity index is 3320. The largest absolute Gasteiger partial charge is 0.455 e. The van der Waals surface area contributed by atoms with E-state index in [4.69, 9.17) is 9.41 Å². The number of nitrogens with zero attached hydrogens (tertiary/aromatic N) is 2. The average Bonchev–Trinajstić information content (AvgIpc) is 3.96. The van der Waals surface area contributed by atoms with Crippen LogP contribution in [0.25, 0.3) is 80.7 Å². The van der Waals surface area contributed by atoms with Gasteiger partial charge in [0.2, 0.25) is 0 Å². The summed E-state index contributed by atoms with van der Waals surface area (Å²) in [6, 6.07) is 64.8. The normalized spacial score (nSPS) is 15.9. The van der Waals surface area contributed by atoms with Gasteiger partial charge >= 0.3 is 0 Å². The molecule has 0 amide bonds. The Kier molecular flexibility index (Phi) is 7.24. The highest BCUT2D eigenvalue weighted by Crippen LogP contribution is 2.45. The number of amidine groups is 1. The molecule has 5 nitrogen and oxygen atoms in total. The van der Waals surface area contributed by atoms with Crippen LogP contribution in [-0.2, 0) is 0 Å². The van der Waals surface area contributed by atoms with E-state index in [0.717, 1.165) is 50.2 Å². The van der Waals surface area contributed by atoms with Crippen molar-refractivity contribution < 1.29 is 4.42 Å². The van der Waals surface area contributed by atoms with Crippen LogP contribution in [0.15, 0.2) is 191 Å². The Labute approximate surface area is 332 Å². The number of para-hydroxylation sites is 3. The maximum atomic E-state index is 6.89. The molecular formula is C51H34N4OS. The van der Waals surface area contributed by atoms with Gasteiger partial charge in [-0.25, -0.2) is 4.99 Å². The second kappa shape index (κ2) is 12.8. The van der Waals surface area contributed by atoms with Crippen LogP contribution in [-0.4, -0.2) is 10.4 Å². The van der Waals surface area contributed by atoms with Gasteiger partial charge in [-0.3, -0.25) is 5.32 Å². The number of aromatic nitrogens is 1. The van der Waals surface area contributed by atoms with Gasteiger partial charge in [-0.1, -0.05) is 140 Å². The molecule has 0 saturated carbocycles. The third-order valence-corrected chi connectivity index (χ3v) is 12.6. The predicted octanol–water partition coefficient (Wildman–Crippen LogP) is 13.1. The molecule has 0 fully saturated rings. The summed E-state index contributed by atoms with van der Waals surface area (Å²) in [7, 11) is 0. The lowest BCUT2D eigenvalue weighted by Crippen LogP contribution is -2.44. The van der Waals surface area contributed by atoms with Gasteiger partial charge in [0.15, 0.2) is 0 Å². The fourth-order valence-corrected chi connectivity index (χ4v) is 10.0. The SMILES string of the molecule is c1ccc(C2=NC(c3ccccc3)NC(c3ccc4c(c3)sc3cccc(-c5cccc6c5oc5cc(-n7c8ccccc8c8ccccc87)ccc56)c34)N2)cc1. The van der Waals surface area contributed by atoms with Crippen LogP contribution in [0.1, 0.15) is 29.0 Å². The Hall–Kier alpha value is -6.99. The third kappa shape index (κ3) is 5.15. The van der Waals surface area contributed by atoms with E-state index in [1.54, 1.807) is 0 Å². The summed E-state index contributed by atoms with van der Waals surface area (Å²) in [5.41, 5.74) is 10.9. The molecule has 4 heterocycles. The van der Waals surface area contributed by atoms with Crippen LogP contribution < -0.4 is 10.6 Å². The third-order valence-electron chi connectivity index (χ3n) is 11.5. The maximum absolute atomic E-state index is 6.89. The van der Waals surface area contributed by atoms with E-state index in [-0.39, 0.29) is 12.3 Å². The van der Waals surface area contributed by atoms with Gasteiger partial charge in [0.25, 0.3) is 0 Å². The molecule has 6 heteroatoms. The lowest BCUT2D eigenvalue weighted by atomic mass is 9.97. The minimum atomic E-state index is -0.181. The first kappa shape index (κ1) is 32.3. The van der Waals surface area contributed by atoms with Gasteiger partial charge < -0.3 is 14.3 Å². The molecule has 0 spiro atoms. The molecule has 0 radical (unpaired) electrons. The smallest absolute Gasteiger partial charge is 0.143 e.